The van der Waals surface area contributed by atoms with Gasteiger partial charge in [0.05, 0.1) is 36.6 Å². The summed E-state index contributed by atoms with van der Waals surface area (Å²) in [6.45, 7) is 0. The van der Waals surface area contributed by atoms with E-state index in [9.17, 15) is 0 Å². The van der Waals surface area contributed by atoms with E-state index < -0.39 is 0 Å². The Labute approximate surface area is 349 Å². The van der Waals surface area contributed by atoms with E-state index in [4.69, 9.17) is 28.4 Å². The molecule has 58 heavy (non-hydrogen) atoms. The molecular formula is C51H72O7. The fourth-order valence-electron chi connectivity index (χ4n) is 10.5. The number of carbonyl (C=O) groups is 1. The maximum absolute atomic E-state index is 15.3. The molecule has 0 radical (unpaired) electrons. The van der Waals surface area contributed by atoms with E-state index in [1.165, 1.54) is 64.2 Å². The first-order valence-electron chi connectivity index (χ1n) is 24.2. The van der Waals surface area contributed by atoms with E-state index in [1.54, 1.807) is 6.08 Å². The van der Waals surface area contributed by atoms with Gasteiger partial charge in [-0.05, 0) is 184 Å². The van der Waals surface area contributed by atoms with Crippen LogP contribution >= 0.6 is 0 Å². The van der Waals surface area contributed by atoms with E-state index in [1.807, 2.05) is 12.1 Å². The van der Waals surface area contributed by atoms with Crippen molar-refractivity contribution >= 4 is 11.9 Å². The van der Waals surface area contributed by atoms with Crippen LogP contribution in [0.3, 0.4) is 0 Å². The Kier molecular flexibility index (Phi) is 15.2. The van der Waals surface area contributed by atoms with E-state index >= 15 is 4.79 Å². The fraction of sp³-hybridized carbons (Fsp3) is 0.706. The molecule has 318 valence electrons. The lowest BCUT2D eigenvalue weighted by atomic mass is 9.96. The predicted octanol–water partition coefficient (Wildman–Crippen LogP) is 13.9. The first-order valence-corrected chi connectivity index (χ1v) is 24.2. The van der Waals surface area contributed by atoms with E-state index in [2.05, 4.69) is 18.2 Å². The molecule has 0 spiro atoms. The van der Waals surface area contributed by atoms with Crippen LogP contribution in [0.5, 0.6) is 34.5 Å². The first-order chi connectivity index (χ1) is 28.6. The van der Waals surface area contributed by atoms with Crippen LogP contribution in [0.25, 0.3) is 6.08 Å². The van der Waals surface area contributed by atoms with Crippen molar-refractivity contribution in [3.63, 3.8) is 0 Å². The summed E-state index contributed by atoms with van der Waals surface area (Å²) in [7, 11) is 0. The molecule has 0 bridgehead atoms. The Balaban J connectivity index is 1.20. The van der Waals surface area contributed by atoms with Crippen molar-refractivity contribution in [3.8, 4) is 34.5 Å². The number of carbonyl (C=O) groups excluding carboxylic acids is 1. The Morgan fingerprint density at radius 1 is 0.397 bits per heavy atom. The highest BCUT2D eigenvalue weighted by atomic mass is 16.5. The molecular weight excluding hydrogens is 725 g/mol. The lowest BCUT2D eigenvalue weighted by Gasteiger charge is -2.32. The molecule has 0 saturated heterocycles. The zero-order valence-electron chi connectivity index (χ0n) is 35.5. The predicted molar refractivity (Wildman–Crippen MR) is 231 cm³/mol. The third kappa shape index (κ3) is 11.5. The summed E-state index contributed by atoms with van der Waals surface area (Å²) in [4.78, 5) is 15.3. The van der Waals surface area contributed by atoms with Gasteiger partial charge in [0.15, 0.2) is 28.8 Å². The number of allylic oxidation sites excluding steroid dienone is 1. The summed E-state index contributed by atoms with van der Waals surface area (Å²) in [6, 6.07) is 8.23. The summed E-state index contributed by atoms with van der Waals surface area (Å²) in [5.41, 5.74) is 1.32. The molecule has 6 fully saturated rings. The molecule has 0 heterocycles. The van der Waals surface area contributed by atoms with Crippen LogP contribution in [0, 0.1) is 0 Å². The minimum atomic E-state index is -0.151. The molecule has 6 aliphatic carbocycles. The van der Waals surface area contributed by atoms with Crippen molar-refractivity contribution in [2.75, 3.05) is 0 Å². The second-order valence-electron chi connectivity index (χ2n) is 18.6. The lowest BCUT2D eigenvalue weighted by molar-refractivity contribution is 0.0960. The molecule has 6 aliphatic rings. The average molecular weight is 797 g/mol. The third-order valence-electron chi connectivity index (χ3n) is 13.9. The average Bonchev–Trinajstić information content (AvgIpc) is 3.27. The van der Waals surface area contributed by atoms with Gasteiger partial charge in [-0.1, -0.05) is 38.5 Å². The van der Waals surface area contributed by atoms with Gasteiger partial charge >= 0.3 is 0 Å². The van der Waals surface area contributed by atoms with Crippen molar-refractivity contribution in [1.29, 1.82) is 0 Å². The third-order valence-corrected chi connectivity index (χ3v) is 13.9. The smallest absolute Gasteiger partial charge is 0.193 e. The number of benzene rings is 2. The highest BCUT2D eigenvalue weighted by Gasteiger charge is 2.33. The van der Waals surface area contributed by atoms with E-state index in [0.29, 0.717) is 28.6 Å². The second kappa shape index (κ2) is 21.3. The van der Waals surface area contributed by atoms with Crippen molar-refractivity contribution in [2.45, 2.75) is 229 Å². The molecule has 0 aromatic heterocycles. The van der Waals surface area contributed by atoms with Gasteiger partial charge in [-0.2, -0.15) is 0 Å². The highest BCUT2D eigenvalue weighted by molar-refractivity contribution is 6.12. The first kappa shape index (κ1) is 41.4. The molecule has 2 aromatic carbocycles. The molecule has 0 aliphatic heterocycles. The van der Waals surface area contributed by atoms with Gasteiger partial charge in [-0.25, -0.2) is 0 Å². The number of hydrogen-bond acceptors (Lipinski definition) is 7. The maximum atomic E-state index is 15.3. The number of ketones is 1. The van der Waals surface area contributed by atoms with Crippen molar-refractivity contribution in [2.24, 2.45) is 0 Å². The van der Waals surface area contributed by atoms with E-state index in [-0.39, 0.29) is 42.4 Å². The molecule has 2 aromatic rings. The van der Waals surface area contributed by atoms with Crippen LogP contribution < -0.4 is 28.4 Å². The molecule has 0 atom stereocenters. The quantitative estimate of drug-likeness (QED) is 0.131. The number of hydrogen-bond donors (Lipinski definition) is 0. The van der Waals surface area contributed by atoms with Crippen molar-refractivity contribution in [1.82, 2.24) is 0 Å². The summed E-state index contributed by atoms with van der Waals surface area (Å²) >= 11 is 0. The summed E-state index contributed by atoms with van der Waals surface area (Å²) in [6.07, 6.45) is 37.9. The Hall–Kier alpha value is -3.35. The zero-order valence-corrected chi connectivity index (χ0v) is 35.5. The molecule has 0 unspecified atom stereocenters. The molecule has 6 saturated carbocycles. The zero-order chi connectivity index (χ0) is 39.4. The van der Waals surface area contributed by atoms with Crippen molar-refractivity contribution < 1.29 is 33.2 Å². The standard InChI is InChI=1S/C51H72O7/c52-45(33-31-37-35-44(53-38-19-7-1-8-20-38)32-34-46(37)54-39-21-9-2-10-22-39)49-50(57-42-27-15-5-16-28-42)47(55-40-23-11-3-12-24-40)36-48(56-41-25-13-4-14-26-41)51(49)58-43-29-17-6-18-30-43/h31-36,38-43H,1-30H2/b33-31+. The van der Waals surface area contributed by atoms with Crippen LogP contribution in [0.1, 0.15) is 209 Å². The van der Waals surface area contributed by atoms with Gasteiger partial charge in [0.1, 0.15) is 17.1 Å². The molecule has 0 N–H and O–H groups in total. The minimum Gasteiger partial charge on any atom is -0.490 e. The number of ether oxygens (including phenoxy) is 6. The van der Waals surface area contributed by atoms with Crippen LogP contribution in [0.4, 0.5) is 0 Å². The van der Waals surface area contributed by atoms with Gasteiger partial charge < -0.3 is 28.4 Å². The van der Waals surface area contributed by atoms with Crippen LogP contribution in [-0.4, -0.2) is 42.4 Å². The number of rotatable bonds is 15. The molecule has 0 amide bonds. The highest BCUT2D eigenvalue weighted by Crippen LogP contribution is 2.49. The van der Waals surface area contributed by atoms with Crippen molar-refractivity contribution in [3.05, 3.63) is 41.5 Å². The normalized spacial score (nSPS) is 22.8. The van der Waals surface area contributed by atoms with Gasteiger partial charge in [0, 0.05) is 11.6 Å². The SMILES string of the molecule is O=C(/C=C/c1cc(OC2CCCCC2)ccc1OC1CCCCC1)c1c(OC2CCCCC2)c(OC2CCCCC2)cc(OC2CCCCC2)c1OC1CCCCC1. The summed E-state index contributed by atoms with van der Waals surface area (Å²) in [5, 5.41) is 0. The summed E-state index contributed by atoms with van der Waals surface area (Å²) in [5.74, 6) is 3.86. The Bertz CT molecular complexity index is 1550. The minimum absolute atomic E-state index is 0.0229. The van der Waals surface area contributed by atoms with Crippen LogP contribution in [0.15, 0.2) is 30.3 Å². The fourth-order valence-corrected chi connectivity index (χ4v) is 10.5. The largest absolute Gasteiger partial charge is 0.490 e. The topological polar surface area (TPSA) is 72.5 Å². The summed E-state index contributed by atoms with van der Waals surface area (Å²) < 4.78 is 41.4. The second-order valence-corrected chi connectivity index (χ2v) is 18.6. The Morgan fingerprint density at radius 3 is 1.14 bits per heavy atom. The Morgan fingerprint density at radius 2 is 0.741 bits per heavy atom. The van der Waals surface area contributed by atoms with E-state index in [0.717, 1.165) is 145 Å². The lowest BCUT2D eigenvalue weighted by Crippen LogP contribution is -2.26. The van der Waals surface area contributed by atoms with Gasteiger partial charge in [-0.3, -0.25) is 4.79 Å². The molecule has 8 rings (SSSR count). The van der Waals surface area contributed by atoms with Crippen LogP contribution in [-0.2, 0) is 0 Å². The van der Waals surface area contributed by atoms with Gasteiger partial charge in [0.25, 0.3) is 0 Å². The van der Waals surface area contributed by atoms with Gasteiger partial charge in [0.2, 0.25) is 0 Å². The monoisotopic (exact) mass is 797 g/mol. The molecule has 7 heteroatoms. The maximum Gasteiger partial charge on any atom is 0.193 e. The molecule has 7 nitrogen and oxygen atoms in total. The van der Waals surface area contributed by atoms with Crippen LogP contribution in [0.2, 0.25) is 0 Å². The van der Waals surface area contributed by atoms with Gasteiger partial charge in [-0.15, -0.1) is 0 Å².